The van der Waals surface area contributed by atoms with Gasteiger partial charge >= 0.3 is 11.9 Å². The number of hydrogen-bond acceptors (Lipinski definition) is 12. The number of ether oxygens (including phenoxy) is 4. The van der Waals surface area contributed by atoms with E-state index in [0.29, 0.717) is 61.3 Å². The quantitative estimate of drug-likeness (QED) is 0.126. The third-order valence-corrected chi connectivity index (χ3v) is 24.6. The average molecular weight is 1340 g/mol. The van der Waals surface area contributed by atoms with E-state index in [1.807, 2.05) is 256 Å². The van der Waals surface area contributed by atoms with E-state index in [1.54, 1.807) is 33.4 Å². The molecule has 0 spiro atoms. The molecule has 7 aliphatic rings. The van der Waals surface area contributed by atoms with Gasteiger partial charge in [-0.1, -0.05) is 178 Å². The van der Waals surface area contributed by atoms with Crippen LogP contribution in [0.25, 0.3) is 38.8 Å². The second kappa shape index (κ2) is 23.3. The Labute approximate surface area is 579 Å². The number of rotatable bonds is 5. The molecule has 2 fully saturated rings. The highest BCUT2D eigenvalue weighted by Crippen LogP contribution is 2.68. The maximum atomic E-state index is 14.7. The minimum Gasteiger partial charge on any atom is -0.494 e. The van der Waals surface area contributed by atoms with Crippen LogP contribution in [-0.2, 0) is 66.0 Å². The molecule has 14 rings (SSSR count). The summed E-state index contributed by atoms with van der Waals surface area (Å²) in [6.45, 7) is 34.5. The fourth-order valence-corrected chi connectivity index (χ4v) is 16.7. The number of anilines is 3. The van der Waals surface area contributed by atoms with Crippen molar-refractivity contribution in [3.05, 3.63) is 190 Å². The molecule has 17 heteroatoms. The number of Topliss-reactive ketones (excluding diaryl/α,β-unsaturated/α-hetero) is 1. The number of nitrogens with zero attached hydrogens (tertiary/aromatic N) is 5. The van der Waals surface area contributed by atoms with Crippen LogP contribution in [0.3, 0.4) is 0 Å². The molecule has 0 bridgehead atoms. The molecule has 1 N–H and O–H groups in total. The molecule has 1 aliphatic carbocycles. The molecule has 0 radical (unpaired) electrons. The molecule has 6 aromatic carbocycles. The van der Waals surface area contributed by atoms with Gasteiger partial charge < -0.3 is 33.5 Å². The van der Waals surface area contributed by atoms with Gasteiger partial charge in [-0.15, -0.1) is 0 Å². The largest absolute Gasteiger partial charge is 0.494 e. The Morgan fingerprint density at radius 1 is 0.465 bits per heavy atom. The SMILES string of the molecule is C.CC(=O)OC1(C)C(C)(C)C(C)(C)OC(C)(N2C(=O)/C(=C3/C(=O)Cc4ccccc43)c3ccccc32)C1(C)C.CC(=O)OC1(C)C(C)(C)C(C)(C)OC(C)(N2C(=O)/C(=C3/C(=O)N(C)c4ccccc43)c3ccccc32)C1(C)C.Cn1c(O)c(C2=c3ccccc3=NC2=O)c2ccccc21. The molecule has 17 nitrogen and oxygen atoms in total. The number of likely N-dealkylation sites (N-methyl/N-ethyl adjacent to an activating group) is 1. The number of ketones is 1. The lowest BCUT2D eigenvalue weighted by molar-refractivity contribution is -0.352. The Bertz CT molecular complexity index is 4890. The van der Waals surface area contributed by atoms with Crippen LogP contribution in [0.2, 0.25) is 0 Å². The Kier molecular flexibility index (Phi) is 16.6. The molecule has 2 saturated heterocycles. The van der Waals surface area contributed by atoms with Crippen LogP contribution in [0, 0.1) is 21.7 Å². The summed E-state index contributed by atoms with van der Waals surface area (Å²) < 4.78 is 28.1. The van der Waals surface area contributed by atoms with Crippen molar-refractivity contribution in [3.63, 3.8) is 0 Å². The van der Waals surface area contributed by atoms with Crippen LogP contribution < -0.4 is 25.3 Å². The van der Waals surface area contributed by atoms with Crippen LogP contribution in [0.15, 0.2) is 151 Å². The summed E-state index contributed by atoms with van der Waals surface area (Å²) in [5.74, 6) is -1.90. The van der Waals surface area contributed by atoms with Gasteiger partial charge in [0.1, 0.15) is 11.2 Å². The van der Waals surface area contributed by atoms with Gasteiger partial charge in [0.15, 0.2) is 23.1 Å². The Morgan fingerprint density at radius 2 is 0.859 bits per heavy atom. The molecule has 6 aliphatic heterocycles. The number of para-hydroxylation sites is 5. The molecule has 516 valence electrons. The molecule has 1 aromatic heterocycles. The number of fused-ring (bicyclic) bond motifs is 6. The number of amides is 4. The molecule has 0 saturated carbocycles. The Hall–Kier alpha value is -9.58. The number of aromatic hydroxyl groups is 1. The number of benzene rings is 6. The summed E-state index contributed by atoms with van der Waals surface area (Å²) in [6, 6.07) is 45.3. The summed E-state index contributed by atoms with van der Waals surface area (Å²) in [6.07, 6.45) is 0.273. The standard InChI is InChI=1S/C32H38N2O5.C32H37NO5.C17H12N2O2.CH4/c1-19(35)38-31(8)28(2,3)30(6,7)39-32(9,29(31,4)5)34-23-18-14-12-16-21(23)25(27(34)37)24-20-15-11-13-17-22(20)33(10)26(24)36;1-19(34)37-31(8)28(2,3)30(6,7)38-32(9,29(31,4)5)33-23-17-13-12-16-22(23)26(27(33)36)25-21-15-11-10-14-20(21)18-24(25)35;1-19-13-9-5-3-7-11(13)15(17(19)21)14-10-6-2-4-8-12(10)18-16(14)20;/h11-18H,1-10H3;10-17H,18H2,1-9H3;2-9,21H,1H3;1H4/b25-24+;26-25+;;. The van der Waals surface area contributed by atoms with Gasteiger partial charge in [-0.05, 0) is 96.8 Å². The van der Waals surface area contributed by atoms with Crippen LogP contribution in [0.1, 0.15) is 165 Å². The maximum absolute atomic E-state index is 14.7. The van der Waals surface area contributed by atoms with Crippen molar-refractivity contribution in [3.8, 4) is 5.88 Å². The first kappa shape index (κ1) is 70.7. The fourth-order valence-electron chi connectivity index (χ4n) is 16.7. The van der Waals surface area contributed by atoms with Crippen molar-refractivity contribution in [1.82, 2.24) is 4.57 Å². The van der Waals surface area contributed by atoms with Crippen molar-refractivity contribution in [2.24, 2.45) is 33.7 Å². The summed E-state index contributed by atoms with van der Waals surface area (Å²) in [4.78, 5) is 103. The number of carbonyl (C=O) groups is 7. The van der Waals surface area contributed by atoms with Crippen molar-refractivity contribution in [2.45, 2.75) is 172 Å². The highest BCUT2D eigenvalue weighted by molar-refractivity contribution is 6.50. The van der Waals surface area contributed by atoms with Gasteiger partial charge in [0.05, 0.1) is 77.8 Å². The van der Waals surface area contributed by atoms with E-state index < -0.39 is 67.5 Å². The van der Waals surface area contributed by atoms with Gasteiger partial charge in [0.25, 0.3) is 23.6 Å². The minimum atomic E-state index is -1.27. The predicted octanol–water partition coefficient (Wildman–Crippen LogP) is 13.7. The Balaban J connectivity index is 0.000000156. The highest BCUT2D eigenvalue weighted by atomic mass is 16.6. The fraction of sp³-hybridized carbons (Fsp3) is 0.390. The Morgan fingerprint density at radius 3 is 1.35 bits per heavy atom. The molecular formula is C82H91N5O12. The van der Waals surface area contributed by atoms with E-state index >= 15 is 0 Å². The van der Waals surface area contributed by atoms with Gasteiger partial charge in [0, 0.05) is 78.1 Å². The first-order valence-corrected chi connectivity index (χ1v) is 33.3. The lowest BCUT2D eigenvalue weighted by Gasteiger charge is -2.69. The lowest BCUT2D eigenvalue weighted by atomic mass is 9.50. The number of aromatic nitrogens is 1. The molecule has 4 amide bonds. The molecule has 7 heterocycles. The van der Waals surface area contributed by atoms with Gasteiger partial charge in [-0.2, -0.15) is 0 Å². The smallest absolute Gasteiger partial charge is 0.303 e. The van der Waals surface area contributed by atoms with E-state index in [0.717, 1.165) is 38.5 Å². The average Bonchev–Trinajstić information content (AvgIpc) is 1.52. The number of aryl methyl sites for hydroxylation is 1. The lowest BCUT2D eigenvalue weighted by Crippen LogP contribution is -2.79. The molecular weight excluding hydrogens is 1250 g/mol. The zero-order valence-electron chi connectivity index (χ0n) is 59.7. The third-order valence-electron chi connectivity index (χ3n) is 24.6. The van der Waals surface area contributed by atoms with Crippen molar-refractivity contribution in [2.75, 3.05) is 21.7 Å². The van der Waals surface area contributed by atoms with E-state index in [1.165, 1.54) is 13.8 Å². The first-order valence-electron chi connectivity index (χ1n) is 33.3. The van der Waals surface area contributed by atoms with Crippen LogP contribution in [0.5, 0.6) is 5.88 Å². The maximum Gasteiger partial charge on any atom is 0.303 e. The highest BCUT2D eigenvalue weighted by Gasteiger charge is 2.76. The van der Waals surface area contributed by atoms with Crippen LogP contribution in [0.4, 0.5) is 17.1 Å². The number of hydrogen-bond donors (Lipinski definition) is 1. The third kappa shape index (κ3) is 9.59. The first-order chi connectivity index (χ1) is 45.6. The second-order valence-electron chi connectivity index (χ2n) is 30.5. The summed E-state index contributed by atoms with van der Waals surface area (Å²) in [7, 11) is 3.51. The number of esters is 2. The number of carbonyl (C=O) groups excluding carboxylic acids is 7. The monoisotopic (exact) mass is 1340 g/mol. The van der Waals surface area contributed by atoms with Crippen LogP contribution >= 0.6 is 0 Å². The predicted molar refractivity (Wildman–Crippen MR) is 385 cm³/mol. The molecule has 4 atom stereocenters. The summed E-state index contributed by atoms with van der Waals surface area (Å²) in [5, 5.41) is 12.8. The van der Waals surface area contributed by atoms with E-state index in [2.05, 4.69) is 4.99 Å². The zero-order chi connectivity index (χ0) is 71.5. The number of allylic oxidation sites excluding steroid dienone is 1. The topological polar surface area (TPSA) is 204 Å². The summed E-state index contributed by atoms with van der Waals surface area (Å²) >= 11 is 0. The van der Waals surface area contributed by atoms with Gasteiger partial charge in [-0.3, -0.25) is 43.4 Å². The molecule has 4 unspecified atom stereocenters. The van der Waals surface area contributed by atoms with Crippen LogP contribution in [-0.4, -0.2) is 91.9 Å². The van der Waals surface area contributed by atoms with E-state index in [9.17, 15) is 38.7 Å². The second-order valence-corrected chi connectivity index (χ2v) is 30.5. The molecule has 99 heavy (non-hydrogen) atoms. The van der Waals surface area contributed by atoms with Crippen molar-refractivity contribution >= 4 is 97.2 Å². The summed E-state index contributed by atoms with van der Waals surface area (Å²) in [5.41, 5.74) is 0.193. The van der Waals surface area contributed by atoms with Crippen molar-refractivity contribution in [1.29, 1.82) is 0 Å². The normalized spacial score (nSPS) is 26.6. The van der Waals surface area contributed by atoms with E-state index in [-0.39, 0.29) is 49.1 Å². The zero-order valence-corrected chi connectivity index (χ0v) is 59.7. The van der Waals surface area contributed by atoms with Gasteiger partial charge in [-0.25, -0.2) is 4.99 Å². The minimum absolute atomic E-state index is 0. The van der Waals surface area contributed by atoms with Gasteiger partial charge in [0.2, 0.25) is 0 Å². The van der Waals surface area contributed by atoms with E-state index in [4.69, 9.17) is 18.9 Å². The van der Waals surface area contributed by atoms with Crippen molar-refractivity contribution < 1.29 is 57.6 Å². The molecule has 7 aromatic rings.